The number of hydrogen-bond acceptors (Lipinski definition) is 5. The van der Waals surface area contributed by atoms with Gasteiger partial charge in [0.05, 0.1) is 17.4 Å². The highest BCUT2D eigenvalue weighted by atomic mass is 19.1. The minimum absolute atomic E-state index is 0.00996. The van der Waals surface area contributed by atoms with E-state index in [9.17, 15) is 9.18 Å². The van der Waals surface area contributed by atoms with Gasteiger partial charge in [0, 0.05) is 0 Å². The number of nitrogens with zero attached hydrogens (tertiary/aromatic N) is 4. The predicted molar refractivity (Wildman–Crippen MR) is 75.2 cm³/mol. The van der Waals surface area contributed by atoms with Gasteiger partial charge in [0.1, 0.15) is 12.1 Å². The molecule has 1 amide bonds. The van der Waals surface area contributed by atoms with Gasteiger partial charge in [0.25, 0.3) is 0 Å². The number of carbonyl (C=O) groups excluding carboxylic acids is 1. The van der Waals surface area contributed by atoms with Gasteiger partial charge in [-0.2, -0.15) is 0 Å². The fourth-order valence-electron chi connectivity index (χ4n) is 1.76. The summed E-state index contributed by atoms with van der Waals surface area (Å²) in [5, 5.41) is 13.2. The van der Waals surface area contributed by atoms with Gasteiger partial charge in [-0.3, -0.25) is 4.79 Å². The van der Waals surface area contributed by atoms with E-state index >= 15 is 0 Å². The summed E-state index contributed by atoms with van der Waals surface area (Å²) in [6.07, 6.45) is 2.14. The highest BCUT2D eigenvalue weighted by molar-refractivity contribution is 5.95. The van der Waals surface area contributed by atoms with Crippen molar-refractivity contribution in [1.82, 2.24) is 20.2 Å². The smallest absolute Gasteiger partial charge is 0.241 e. The molecule has 0 spiro atoms. The first kappa shape index (κ1) is 15.0. The molecule has 8 heteroatoms. The van der Waals surface area contributed by atoms with Crippen molar-refractivity contribution in [2.24, 2.45) is 11.7 Å². The molecule has 0 aliphatic heterocycles. The van der Waals surface area contributed by atoms with Crippen LogP contribution in [0.3, 0.4) is 0 Å². The molecule has 0 aliphatic rings. The van der Waals surface area contributed by atoms with E-state index in [0.717, 1.165) is 6.42 Å². The standard InChI is InChI=1S/C13H17FN6O/c1-3-8(2)12(15)13(21)17-11-6-9(4-5-10(11)14)20-7-16-18-19-20/h4-8,12H,3,15H2,1-2H3,(H,17,21)/t8-,12-/m0/s1. The highest BCUT2D eigenvalue weighted by Crippen LogP contribution is 2.19. The number of carbonyl (C=O) groups is 1. The largest absolute Gasteiger partial charge is 0.322 e. The number of rotatable bonds is 5. The lowest BCUT2D eigenvalue weighted by molar-refractivity contribution is -0.118. The minimum Gasteiger partial charge on any atom is -0.322 e. The molecule has 1 heterocycles. The molecule has 2 aromatic rings. The van der Waals surface area contributed by atoms with Crippen LogP contribution in [-0.4, -0.2) is 32.2 Å². The maximum atomic E-state index is 13.8. The number of aromatic nitrogens is 4. The van der Waals surface area contributed by atoms with Gasteiger partial charge in [-0.25, -0.2) is 9.07 Å². The Morgan fingerprint density at radius 2 is 2.29 bits per heavy atom. The third kappa shape index (κ3) is 3.40. The van der Waals surface area contributed by atoms with Crippen molar-refractivity contribution < 1.29 is 9.18 Å². The normalized spacial score (nSPS) is 13.7. The van der Waals surface area contributed by atoms with Gasteiger partial charge in [-0.05, 0) is 34.5 Å². The molecular formula is C13H17FN6O. The van der Waals surface area contributed by atoms with Crippen molar-refractivity contribution >= 4 is 11.6 Å². The Morgan fingerprint density at radius 3 is 2.90 bits per heavy atom. The lowest BCUT2D eigenvalue weighted by atomic mass is 9.99. The molecule has 0 bridgehead atoms. The Kier molecular flexibility index (Phi) is 4.59. The summed E-state index contributed by atoms with van der Waals surface area (Å²) in [6, 6.07) is 3.51. The molecular weight excluding hydrogens is 275 g/mol. The predicted octanol–water partition coefficient (Wildman–Crippen LogP) is 1.11. The van der Waals surface area contributed by atoms with E-state index in [-0.39, 0.29) is 11.6 Å². The van der Waals surface area contributed by atoms with Crippen LogP contribution in [-0.2, 0) is 4.79 Å². The van der Waals surface area contributed by atoms with Crippen molar-refractivity contribution in [2.75, 3.05) is 5.32 Å². The number of hydrogen-bond donors (Lipinski definition) is 2. The summed E-state index contributed by atoms with van der Waals surface area (Å²) >= 11 is 0. The number of nitrogens with two attached hydrogens (primary N) is 1. The number of anilines is 1. The fraction of sp³-hybridized carbons (Fsp3) is 0.385. The van der Waals surface area contributed by atoms with Gasteiger partial charge in [0.15, 0.2) is 0 Å². The molecule has 0 saturated heterocycles. The molecule has 0 radical (unpaired) electrons. The Balaban J connectivity index is 2.20. The van der Waals surface area contributed by atoms with Gasteiger partial charge in [-0.15, -0.1) is 5.10 Å². The number of nitrogens with one attached hydrogen (secondary N) is 1. The third-order valence-corrected chi connectivity index (χ3v) is 3.38. The van der Waals surface area contributed by atoms with Crippen LogP contribution in [0.1, 0.15) is 20.3 Å². The van der Waals surface area contributed by atoms with E-state index in [1.54, 1.807) is 0 Å². The van der Waals surface area contributed by atoms with Gasteiger partial charge in [0.2, 0.25) is 5.91 Å². The summed E-state index contributed by atoms with van der Waals surface area (Å²) < 4.78 is 15.2. The summed E-state index contributed by atoms with van der Waals surface area (Å²) in [5.74, 6) is -0.954. The molecule has 0 aliphatic carbocycles. The van der Waals surface area contributed by atoms with Gasteiger partial charge >= 0.3 is 0 Å². The second-order valence-electron chi connectivity index (χ2n) is 4.82. The molecule has 1 aromatic carbocycles. The third-order valence-electron chi connectivity index (χ3n) is 3.38. The first-order valence-corrected chi connectivity index (χ1v) is 6.62. The zero-order valence-corrected chi connectivity index (χ0v) is 11.8. The average molecular weight is 292 g/mol. The van der Waals surface area contributed by atoms with Crippen LogP contribution >= 0.6 is 0 Å². The SMILES string of the molecule is CC[C@H](C)[C@H](N)C(=O)Nc1cc(-n2cnnn2)ccc1F. The van der Waals surface area contributed by atoms with Crippen molar-refractivity contribution in [3.05, 3.63) is 30.3 Å². The molecule has 21 heavy (non-hydrogen) atoms. The van der Waals surface area contributed by atoms with Crippen LogP contribution in [0.15, 0.2) is 24.5 Å². The van der Waals surface area contributed by atoms with Crippen molar-refractivity contribution in [1.29, 1.82) is 0 Å². The molecule has 2 rings (SSSR count). The summed E-state index contributed by atoms with van der Waals surface area (Å²) in [4.78, 5) is 12.0. The monoisotopic (exact) mass is 292 g/mol. The lowest BCUT2D eigenvalue weighted by Gasteiger charge is -2.18. The Bertz CT molecular complexity index is 615. The molecule has 7 nitrogen and oxygen atoms in total. The van der Waals surface area contributed by atoms with E-state index in [1.165, 1.54) is 29.2 Å². The van der Waals surface area contributed by atoms with Crippen LogP contribution in [0.5, 0.6) is 0 Å². The van der Waals surface area contributed by atoms with Gasteiger partial charge < -0.3 is 11.1 Å². The molecule has 1 aromatic heterocycles. The summed E-state index contributed by atoms with van der Waals surface area (Å²) in [6.45, 7) is 3.81. The number of benzene rings is 1. The van der Waals surface area contributed by atoms with Crippen LogP contribution in [0, 0.1) is 11.7 Å². The van der Waals surface area contributed by atoms with E-state index in [0.29, 0.717) is 5.69 Å². The Labute approximate surface area is 121 Å². The first-order valence-electron chi connectivity index (χ1n) is 6.62. The number of tetrazole rings is 1. The van der Waals surface area contributed by atoms with Crippen molar-refractivity contribution in [3.8, 4) is 5.69 Å². The van der Waals surface area contributed by atoms with E-state index < -0.39 is 17.8 Å². The molecule has 0 fully saturated rings. The van der Waals surface area contributed by atoms with Crippen LogP contribution < -0.4 is 11.1 Å². The summed E-state index contributed by atoms with van der Waals surface area (Å²) in [7, 11) is 0. The van der Waals surface area contributed by atoms with Gasteiger partial charge in [-0.1, -0.05) is 20.3 Å². The molecule has 3 N–H and O–H groups in total. The second kappa shape index (κ2) is 6.40. The maximum absolute atomic E-state index is 13.8. The number of halogens is 1. The van der Waals surface area contributed by atoms with Crippen LogP contribution in [0.4, 0.5) is 10.1 Å². The van der Waals surface area contributed by atoms with Crippen molar-refractivity contribution in [3.63, 3.8) is 0 Å². The fourth-order valence-corrected chi connectivity index (χ4v) is 1.76. The number of amides is 1. The zero-order chi connectivity index (χ0) is 15.4. The Morgan fingerprint density at radius 1 is 1.52 bits per heavy atom. The first-order chi connectivity index (χ1) is 10.0. The molecule has 2 atom stereocenters. The average Bonchev–Trinajstić information content (AvgIpc) is 3.02. The van der Waals surface area contributed by atoms with Crippen LogP contribution in [0.2, 0.25) is 0 Å². The second-order valence-corrected chi connectivity index (χ2v) is 4.82. The quantitative estimate of drug-likeness (QED) is 0.860. The van der Waals surface area contributed by atoms with Crippen molar-refractivity contribution in [2.45, 2.75) is 26.3 Å². The lowest BCUT2D eigenvalue weighted by Crippen LogP contribution is -2.40. The Hall–Kier alpha value is -2.35. The molecule has 0 unspecified atom stereocenters. The van der Waals surface area contributed by atoms with E-state index in [2.05, 4.69) is 20.8 Å². The molecule has 112 valence electrons. The molecule has 0 saturated carbocycles. The maximum Gasteiger partial charge on any atom is 0.241 e. The van der Waals surface area contributed by atoms with E-state index in [1.807, 2.05) is 13.8 Å². The highest BCUT2D eigenvalue weighted by Gasteiger charge is 2.20. The zero-order valence-electron chi connectivity index (χ0n) is 11.8. The topological polar surface area (TPSA) is 98.7 Å². The van der Waals surface area contributed by atoms with Crippen LogP contribution in [0.25, 0.3) is 5.69 Å². The summed E-state index contributed by atoms with van der Waals surface area (Å²) in [5.41, 5.74) is 6.41. The minimum atomic E-state index is -0.689. The van der Waals surface area contributed by atoms with E-state index in [4.69, 9.17) is 5.73 Å².